The first-order valence-electron chi connectivity index (χ1n) is 4.59. The third-order valence-corrected chi connectivity index (χ3v) is 2.63. The Kier molecular flexibility index (Phi) is 2.38. The molecule has 1 N–H and O–H groups in total. The Balaban J connectivity index is 2.12. The molecule has 0 spiro atoms. The first-order chi connectivity index (χ1) is 6.29. The molecule has 3 nitrogen and oxygen atoms in total. The van der Waals surface area contributed by atoms with Crippen LogP contribution >= 0.6 is 0 Å². The molecule has 2 unspecified atom stereocenters. The molecule has 1 aliphatic rings. The summed E-state index contributed by atoms with van der Waals surface area (Å²) >= 11 is 0. The van der Waals surface area contributed by atoms with E-state index in [9.17, 15) is 5.11 Å². The normalized spacial score (nSPS) is 24.9. The second kappa shape index (κ2) is 3.52. The third kappa shape index (κ3) is 1.62. The van der Waals surface area contributed by atoms with Crippen LogP contribution in [-0.2, 0) is 4.74 Å². The summed E-state index contributed by atoms with van der Waals surface area (Å²) in [5.74, 6) is 1.04. The van der Waals surface area contributed by atoms with Crippen LogP contribution in [0.1, 0.15) is 23.8 Å². The van der Waals surface area contributed by atoms with Gasteiger partial charge in [-0.25, -0.2) is 0 Å². The van der Waals surface area contributed by atoms with Gasteiger partial charge in [0.15, 0.2) is 0 Å². The lowest BCUT2D eigenvalue weighted by Crippen LogP contribution is -2.12. The van der Waals surface area contributed by atoms with E-state index >= 15 is 0 Å². The van der Waals surface area contributed by atoms with Crippen molar-refractivity contribution in [3.8, 4) is 0 Å². The van der Waals surface area contributed by atoms with Crippen LogP contribution in [0.5, 0.6) is 0 Å². The zero-order chi connectivity index (χ0) is 9.26. The van der Waals surface area contributed by atoms with Gasteiger partial charge < -0.3 is 14.3 Å². The molecule has 1 saturated heterocycles. The van der Waals surface area contributed by atoms with Crippen molar-refractivity contribution in [1.82, 2.24) is 0 Å². The van der Waals surface area contributed by atoms with Gasteiger partial charge in [-0.05, 0) is 19.4 Å². The molecule has 0 aliphatic carbocycles. The molecule has 1 aromatic rings. The molecule has 1 aromatic heterocycles. The predicted octanol–water partition coefficient (Wildman–Crippen LogP) is 1.66. The first-order valence-corrected chi connectivity index (χ1v) is 4.59. The topological polar surface area (TPSA) is 42.6 Å². The fourth-order valence-corrected chi connectivity index (χ4v) is 1.76. The molecule has 13 heavy (non-hydrogen) atoms. The quantitative estimate of drug-likeness (QED) is 0.756. The number of aryl methyl sites for hydroxylation is 1. The summed E-state index contributed by atoms with van der Waals surface area (Å²) in [7, 11) is 0. The lowest BCUT2D eigenvalue weighted by atomic mass is 9.96. The number of rotatable bonds is 2. The van der Waals surface area contributed by atoms with Gasteiger partial charge >= 0.3 is 0 Å². The largest absolute Gasteiger partial charge is 0.469 e. The summed E-state index contributed by atoms with van der Waals surface area (Å²) in [6.07, 6.45) is 2.12. The van der Waals surface area contributed by atoms with Gasteiger partial charge in [0, 0.05) is 18.1 Å². The van der Waals surface area contributed by atoms with E-state index in [1.165, 1.54) is 0 Å². The van der Waals surface area contributed by atoms with E-state index in [0.717, 1.165) is 24.4 Å². The average molecular weight is 182 g/mol. The standard InChI is InChI=1S/C10H14O3/c1-7-9(3-5-13-7)10(11)8-2-4-12-6-8/h3,5,8,10-11H,2,4,6H2,1H3. The van der Waals surface area contributed by atoms with E-state index < -0.39 is 6.10 Å². The number of aliphatic hydroxyl groups is 1. The van der Waals surface area contributed by atoms with Gasteiger partial charge in [-0.1, -0.05) is 0 Å². The summed E-state index contributed by atoms with van der Waals surface area (Å²) < 4.78 is 10.4. The highest BCUT2D eigenvalue weighted by molar-refractivity contribution is 5.19. The molecule has 3 heteroatoms. The van der Waals surface area contributed by atoms with Crippen molar-refractivity contribution in [3.63, 3.8) is 0 Å². The minimum atomic E-state index is -0.429. The smallest absolute Gasteiger partial charge is 0.106 e. The molecule has 0 aromatic carbocycles. The van der Waals surface area contributed by atoms with Gasteiger partial charge in [0.05, 0.1) is 19.0 Å². The SMILES string of the molecule is Cc1occc1C(O)C1CCOC1. The Bertz CT molecular complexity index is 273. The van der Waals surface area contributed by atoms with Crippen molar-refractivity contribution in [1.29, 1.82) is 0 Å². The zero-order valence-electron chi connectivity index (χ0n) is 7.69. The number of hydrogen-bond acceptors (Lipinski definition) is 3. The van der Waals surface area contributed by atoms with E-state index in [2.05, 4.69) is 0 Å². The molecule has 1 aliphatic heterocycles. The highest BCUT2D eigenvalue weighted by Gasteiger charge is 2.26. The van der Waals surface area contributed by atoms with Crippen LogP contribution in [0.4, 0.5) is 0 Å². The molecular weight excluding hydrogens is 168 g/mol. The van der Waals surface area contributed by atoms with Crippen LogP contribution in [-0.4, -0.2) is 18.3 Å². The fraction of sp³-hybridized carbons (Fsp3) is 0.600. The van der Waals surface area contributed by atoms with Gasteiger partial charge in [0.1, 0.15) is 5.76 Å². The monoisotopic (exact) mass is 182 g/mol. The van der Waals surface area contributed by atoms with Crippen LogP contribution in [0.15, 0.2) is 16.7 Å². The van der Waals surface area contributed by atoms with E-state index in [4.69, 9.17) is 9.15 Å². The highest BCUT2D eigenvalue weighted by atomic mass is 16.5. The average Bonchev–Trinajstić information content (AvgIpc) is 2.72. The Morgan fingerprint density at radius 1 is 1.62 bits per heavy atom. The van der Waals surface area contributed by atoms with Crippen molar-refractivity contribution in [3.05, 3.63) is 23.7 Å². The second-order valence-electron chi connectivity index (χ2n) is 3.50. The maximum atomic E-state index is 9.95. The van der Waals surface area contributed by atoms with Crippen LogP contribution in [0, 0.1) is 12.8 Å². The van der Waals surface area contributed by atoms with Crippen molar-refractivity contribution in [2.75, 3.05) is 13.2 Å². The summed E-state index contributed by atoms with van der Waals surface area (Å²) in [5, 5.41) is 9.95. The summed E-state index contributed by atoms with van der Waals surface area (Å²) in [6.45, 7) is 3.29. The number of aliphatic hydroxyl groups excluding tert-OH is 1. The summed E-state index contributed by atoms with van der Waals surface area (Å²) in [4.78, 5) is 0. The van der Waals surface area contributed by atoms with E-state index in [1.54, 1.807) is 6.26 Å². The Labute approximate surface area is 77.3 Å². The lowest BCUT2D eigenvalue weighted by molar-refractivity contribution is 0.0906. The van der Waals surface area contributed by atoms with Crippen LogP contribution < -0.4 is 0 Å². The molecule has 0 saturated carbocycles. The molecule has 2 atom stereocenters. The lowest BCUT2D eigenvalue weighted by Gasteiger charge is -2.15. The van der Waals surface area contributed by atoms with Crippen LogP contribution in [0.2, 0.25) is 0 Å². The van der Waals surface area contributed by atoms with Crippen molar-refractivity contribution < 1.29 is 14.3 Å². The first kappa shape index (κ1) is 8.78. The van der Waals surface area contributed by atoms with Crippen LogP contribution in [0.25, 0.3) is 0 Å². The van der Waals surface area contributed by atoms with E-state index in [-0.39, 0.29) is 5.92 Å². The highest BCUT2D eigenvalue weighted by Crippen LogP contribution is 2.30. The molecule has 0 radical (unpaired) electrons. The molecule has 2 heterocycles. The molecule has 0 bridgehead atoms. The molecule has 1 fully saturated rings. The zero-order valence-corrected chi connectivity index (χ0v) is 7.69. The summed E-state index contributed by atoms with van der Waals surface area (Å²) in [5.41, 5.74) is 0.899. The van der Waals surface area contributed by atoms with Gasteiger partial charge in [-0.2, -0.15) is 0 Å². The van der Waals surface area contributed by atoms with Crippen molar-refractivity contribution in [2.45, 2.75) is 19.4 Å². The Morgan fingerprint density at radius 3 is 3.00 bits per heavy atom. The molecule has 0 amide bonds. The molecular formula is C10H14O3. The predicted molar refractivity (Wildman–Crippen MR) is 47.3 cm³/mol. The minimum absolute atomic E-state index is 0.233. The maximum absolute atomic E-state index is 9.95. The van der Waals surface area contributed by atoms with Gasteiger partial charge in [-0.3, -0.25) is 0 Å². The number of furan rings is 1. The van der Waals surface area contributed by atoms with Crippen molar-refractivity contribution >= 4 is 0 Å². The maximum Gasteiger partial charge on any atom is 0.106 e. The van der Waals surface area contributed by atoms with E-state index in [0.29, 0.717) is 6.61 Å². The number of hydrogen-bond donors (Lipinski definition) is 1. The van der Waals surface area contributed by atoms with E-state index in [1.807, 2.05) is 13.0 Å². The van der Waals surface area contributed by atoms with Gasteiger partial charge in [0.25, 0.3) is 0 Å². The molecule has 72 valence electrons. The van der Waals surface area contributed by atoms with Crippen LogP contribution in [0.3, 0.4) is 0 Å². The second-order valence-corrected chi connectivity index (χ2v) is 3.50. The van der Waals surface area contributed by atoms with Gasteiger partial charge in [-0.15, -0.1) is 0 Å². The van der Waals surface area contributed by atoms with Gasteiger partial charge in [0.2, 0.25) is 0 Å². The Hall–Kier alpha value is -0.800. The number of ether oxygens (including phenoxy) is 1. The Morgan fingerprint density at radius 2 is 2.46 bits per heavy atom. The summed E-state index contributed by atoms with van der Waals surface area (Å²) in [6, 6.07) is 1.83. The third-order valence-electron chi connectivity index (χ3n) is 2.63. The fourth-order valence-electron chi connectivity index (χ4n) is 1.76. The minimum Gasteiger partial charge on any atom is -0.469 e. The molecule has 2 rings (SSSR count). The van der Waals surface area contributed by atoms with Crippen molar-refractivity contribution in [2.24, 2.45) is 5.92 Å².